The van der Waals surface area contributed by atoms with E-state index in [1.807, 2.05) is 0 Å². The molecule has 0 aromatic heterocycles. The molecule has 0 spiro atoms. The molecule has 1 aromatic rings. The fourth-order valence-corrected chi connectivity index (χ4v) is 3.25. The number of nitrogens with two attached hydrogens (primary N) is 1. The topological polar surface area (TPSA) is 32.5 Å². The van der Waals surface area contributed by atoms with E-state index in [4.69, 9.17) is 5.73 Å². The van der Waals surface area contributed by atoms with Gasteiger partial charge in [-0.25, -0.2) is 0 Å². The zero-order chi connectivity index (χ0) is 14.5. The summed E-state index contributed by atoms with van der Waals surface area (Å²) in [7, 11) is 4.28. The standard InChI is InChI=1S/C17H29N3/c1-4-11-20(13-12-19(2)3)16-10-9-14-7-5-6-8-15(14)17(16)18/h5-8,16-17H,4,9-13,18H2,1-3H3. The first-order chi connectivity index (χ1) is 9.63. The van der Waals surface area contributed by atoms with E-state index < -0.39 is 0 Å². The highest BCUT2D eigenvalue weighted by molar-refractivity contribution is 5.33. The van der Waals surface area contributed by atoms with Gasteiger partial charge in [0, 0.05) is 25.2 Å². The number of hydrogen-bond donors (Lipinski definition) is 1. The quantitative estimate of drug-likeness (QED) is 0.864. The number of nitrogens with zero attached hydrogens (tertiary/aromatic N) is 2. The fraction of sp³-hybridized carbons (Fsp3) is 0.647. The summed E-state index contributed by atoms with van der Waals surface area (Å²) in [4.78, 5) is 4.85. The van der Waals surface area contributed by atoms with Gasteiger partial charge in [-0.3, -0.25) is 4.90 Å². The van der Waals surface area contributed by atoms with Gasteiger partial charge in [-0.1, -0.05) is 31.2 Å². The van der Waals surface area contributed by atoms with Crippen LogP contribution in [0.25, 0.3) is 0 Å². The number of hydrogen-bond acceptors (Lipinski definition) is 3. The molecule has 0 saturated heterocycles. The number of fused-ring (bicyclic) bond motifs is 1. The van der Waals surface area contributed by atoms with Crippen molar-refractivity contribution in [3.05, 3.63) is 35.4 Å². The highest BCUT2D eigenvalue weighted by Crippen LogP contribution is 2.31. The van der Waals surface area contributed by atoms with Gasteiger partial charge in [0.15, 0.2) is 0 Å². The van der Waals surface area contributed by atoms with E-state index in [0.29, 0.717) is 6.04 Å². The third-order valence-electron chi connectivity index (χ3n) is 4.35. The van der Waals surface area contributed by atoms with E-state index in [0.717, 1.165) is 26.1 Å². The van der Waals surface area contributed by atoms with E-state index in [9.17, 15) is 0 Å². The molecule has 2 atom stereocenters. The van der Waals surface area contributed by atoms with Crippen LogP contribution in [0.1, 0.15) is 36.9 Å². The van der Waals surface area contributed by atoms with Crippen molar-refractivity contribution in [1.82, 2.24) is 9.80 Å². The SMILES string of the molecule is CCCN(CCN(C)C)C1CCc2ccccc2C1N. The number of aryl methyl sites for hydroxylation is 1. The molecule has 0 fully saturated rings. The minimum Gasteiger partial charge on any atom is -0.323 e. The van der Waals surface area contributed by atoms with Crippen molar-refractivity contribution in [2.45, 2.75) is 38.3 Å². The minimum absolute atomic E-state index is 0.161. The smallest absolute Gasteiger partial charge is 0.0455 e. The normalized spacial score (nSPS) is 22.3. The average Bonchev–Trinajstić information content (AvgIpc) is 2.44. The van der Waals surface area contributed by atoms with E-state index in [-0.39, 0.29) is 6.04 Å². The maximum Gasteiger partial charge on any atom is 0.0455 e. The lowest BCUT2D eigenvalue weighted by Crippen LogP contribution is -2.47. The Labute approximate surface area is 123 Å². The van der Waals surface area contributed by atoms with Crippen molar-refractivity contribution in [2.75, 3.05) is 33.7 Å². The lowest BCUT2D eigenvalue weighted by atomic mass is 9.83. The molecule has 20 heavy (non-hydrogen) atoms. The molecule has 0 radical (unpaired) electrons. The predicted octanol–water partition coefficient (Wildman–Crippen LogP) is 2.27. The summed E-state index contributed by atoms with van der Waals surface area (Å²) in [6.07, 6.45) is 3.54. The molecular weight excluding hydrogens is 246 g/mol. The Balaban J connectivity index is 2.10. The van der Waals surface area contributed by atoms with Crippen molar-refractivity contribution in [1.29, 1.82) is 0 Å². The second-order valence-electron chi connectivity index (χ2n) is 6.17. The highest BCUT2D eigenvalue weighted by atomic mass is 15.2. The van der Waals surface area contributed by atoms with Crippen molar-refractivity contribution in [2.24, 2.45) is 5.73 Å². The Hall–Kier alpha value is -0.900. The molecule has 2 unspecified atom stereocenters. The summed E-state index contributed by atoms with van der Waals surface area (Å²) in [5, 5.41) is 0. The average molecular weight is 275 g/mol. The van der Waals surface area contributed by atoms with Gasteiger partial charge in [0.25, 0.3) is 0 Å². The summed E-state index contributed by atoms with van der Waals surface area (Å²) in [5.74, 6) is 0. The van der Waals surface area contributed by atoms with Gasteiger partial charge in [0.2, 0.25) is 0 Å². The Morgan fingerprint density at radius 1 is 1.15 bits per heavy atom. The first-order valence-electron chi connectivity index (χ1n) is 7.85. The van der Waals surface area contributed by atoms with E-state index in [1.165, 1.54) is 24.0 Å². The van der Waals surface area contributed by atoms with Crippen LogP contribution in [0.3, 0.4) is 0 Å². The minimum atomic E-state index is 0.161. The van der Waals surface area contributed by atoms with Crippen LogP contribution >= 0.6 is 0 Å². The largest absolute Gasteiger partial charge is 0.323 e. The molecule has 2 N–H and O–H groups in total. The van der Waals surface area contributed by atoms with Crippen molar-refractivity contribution < 1.29 is 0 Å². The fourth-order valence-electron chi connectivity index (χ4n) is 3.25. The van der Waals surface area contributed by atoms with Gasteiger partial charge in [-0.05, 0) is 51.0 Å². The van der Waals surface area contributed by atoms with E-state index in [1.54, 1.807) is 0 Å². The lowest BCUT2D eigenvalue weighted by molar-refractivity contribution is 0.143. The molecule has 1 aliphatic carbocycles. The van der Waals surface area contributed by atoms with E-state index >= 15 is 0 Å². The Morgan fingerprint density at radius 2 is 1.90 bits per heavy atom. The molecule has 2 rings (SSSR count). The van der Waals surface area contributed by atoms with Crippen LogP contribution in [0, 0.1) is 0 Å². The zero-order valence-corrected chi connectivity index (χ0v) is 13.2. The molecule has 1 aromatic carbocycles. The monoisotopic (exact) mass is 275 g/mol. The van der Waals surface area contributed by atoms with Crippen LogP contribution in [0.2, 0.25) is 0 Å². The maximum absolute atomic E-state index is 6.57. The van der Waals surface area contributed by atoms with Crippen LogP contribution in [-0.4, -0.2) is 49.6 Å². The van der Waals surface area contributed by atoms with Crippen LogP contribution in [0.15, 0.2) is 24.3 Å². The molecule has 0 bridgehead atoms. The molecule has 0 saturated carbocycles. The third kappa shape index (κ3) is 3.60. The second kappa shape index (κ2) is 7.21. The van der Waals surface area contributed by atoms with Gasteiger partial charge in [-0.15, -0.1) is 0 Å². The number of benzene rings is 1. The van der Waals surface area contributed by atoms with Gasteiger partial charge in [0.1, 0.15) is 0 Å². The van der Waals surface area contributed by atoms with E-state index in [2.05, 4.69) is 55.1 Å². The molecule has 0 heterocycles. The van der Waals surface area contributed by atoms with Crippen molar-refractivity contribution in [3.63, 3.8) is 0 Å². The van der Waals surface area contributed by atoms with Crippen LogP contribution < -0.4 is 5.73 Å². The van der Waals surface area contributed by atoms with Gasteiger partial charge in [0.05, 0.1) is 0 Å². The molecule has 3 nitrogen and oxygen atoms in total. The molecule has 1 aliphatic rings. The molecule has 112 valence electrons. The first-order valence-corrected chi connectivity index (χ1v) is 7.85. The van der Waals surface area contributed by atoms with Crippen molar-refractivity contribution in [3.8, 4) is 0 Å². The highest BCUT2D eigenvalue weighted by Gasteiger charge is 2.30. The summed E-state index contributed by atoms with van der Waals surface area (Å²) < 4.78 is 0. The molecular formula is C17H29N3. The third-order valence-corrected chi connectivity index (χ3v) is 4.35. The van der Waals surface area contributed by atoms with Crippen molar-refractivity contribution >= 4 is 0 Å². The Morgan fingerprint density at radius 3 is 2.60 bits per heavy atom. The lowest BCUT2D eigenvalue weighted by Gasteiger charge is -2.39. The molecule has 0 amide bonds. The van der Waals surface area contributed by atoms with Crippen LogP contribution in [-0.2, 0) is 6.42 Å². The molecule has 0 aliphatic heterocycles. The summed E-state index contributed by atoms with van der Waals surface area (Å²) in [5.41, 5.74) is 9.37. The van der Waals surface area contributed by atoms with Gasteiger partial charge in [-0.2, -0.15) is 0 Å². The number of rotatable bonds is 6. The summed E-state index contributed by atoms with van der Waals surface area (Å²) in [6, 6.07) is 9.34. The molecule has 3 heteroatoms. The number of likely N-dealkylation sites (N-methyl/N-ethyl adjacent to an activating group) is 1. The first kappa shape index (κ1) is 15.5. The van der Waals surface area contributed by atoms with Crippen LogP contribution in [0.4, 0.5) is 0 Å². The Kier molecular flexibility index (Phi) is 5.58. The second-order valence-corrected chi connectivity index (χ2v) is 6.17. The predicted molar refractivity (Wildman–Crippen MR) is 85.9 cm³/mol. The maximum atomic E-state index is 6.57. The Bertz CT molecular complexity index is 416. The van der Waals surface area contributed by atoms with Gasteiger partial charge >= 0.3 is 0 Å². The van der Waals surface area contributed by atoms with Crippen LogP contribution in [0.5, 0.6) is 0 Å². The van der Waals surface area contributed by atoms with Gasteiger partial charge < -0.3 is 10.6 Å². The summed E-state index contributed by atoms with van der Waals surface area (Å²) >= 11 is 0. The zero-order valence-electron chi connectivity index (χ0n) is 13.2. The summed E-state index contributed by atoms with van der Waals surface area (Å²) in [6.45, 7) is 5.62.